The largest absolute Gasteiger partial charge is 0.376 e. The number of thioether (sulfide) groups is 1. The predicted molar refractivity (Wildman–Crippen MR) is 130 cm³/mol. The van der Waals surface area contributed by atoms with Crippen molar-refractivity contribution >= 4 is 39.2 Å². The van der Waals surface area contributed by atoms with Gasteiger partial charge in [-0.2, -0.15) is 0 Å². The molecule has 5 rings (SSSR count). The van der Waals surface area contributed by atoms with E-state index in [1.165, 1.54) is 41.5 Å². The zero-order chi connectivity index (χ0) is 22.1. The summed E-state index contributed by atoms with van der Waals surface area (Å²) in [5.41, 5.74) is 1.27. The van der Waals surface area contributed by atoms with Crippen molar-refractivity contribution in [2.45, 2.75) is 95.0 Å². The van der Waals surface area contributed by atoms with Gasteiger partial charge in [-0.25, -0.2) is 4.98 Å². The van der Waals surface area contributed by atoms with E-state index < -0.39 is 0 Å². The Labute approximate surface area is 197 Å². The summed E-state index contributed by atoms with van der Waals surface area (Å²) in [6.45, 7) is 3.57. The van der Waals surface area contributed by atoms with Gasteiger partial charge in [0.15, 0.2) is 5.16 Å². The normalized spacial score (nSPS) is 25.7. The predicted octanol–water partition coefficient (Wildman–Crippen LogP) is 4.30. The van der Waals surface area contributed by atoms with Crippen molar-refractivity contribution < 1.29 is 9.53 Å². The molecule has 0 radical (unpaired) electrons. The number of amides is 1. The van der Waals surface area contributed by atoms with Gasteiger partial charge >= 0.3 is 0 Å². The summed E-state index contributed by atoms with van der Waals surface area (Å²) >= 11 is 3.07. The number of nitrogens with zero attached hydrogens (tertiary/aromatic N) is 2. The summed E-state index contributed by atoms with van der Waals surface area (Å²) in [6.07, 6.45) is 10.9. The highest BCUT2D eigenvalue weighted by Gasteiger charge is 2.26. The zero-order valence-corrected chi connectivity index (χ0v) is 20.5. The Kier molecular flexibility index (Phi) is 6.90. The number of hydrogen-bond donors (Lipinski definition) is 1. The monoisotopic (exact) mass is 475 g/mol. The molecule has 1 amide bonds. The third-order valence-electron chi connectivity index (χ3n) is 7.16. The van der Waals surface area contributed by atoms with E-state index >= 15 is 0 Å². The van der Waals surface area contributed by atoms with E-state index in [0.29, 0.717) is 17.5 Å². The third kappa shape index (κ3) is 4.77. The summed E-state index contributed by atoms with van der Waals surface area (Å²) in [7, 11) is 0. The van der Waals surface area contributed by atoms with E-state index in [-0.39, 0.29) is 23.6 Å². The van der Waals surface area contributed by atoms with E-state index in [1.54, 1.807) is 15.9 Å². The number of fused-ring (bicyclic) bond motifs is 3. The van der Waals surface area contributed by atoms with Gasteiger partial charge < -0.3 is 10.1 Å². The van der Waals surface area contributed by atoms with Crippen LogP contribution in [0.5, 0.6) is 0 Å². The molecule has 2 aromatic heterocycles. The zero-order valence-electron chi connectivity index (χ0n) is 18.9. The third-order valence-corrected chi connectivity index (χ3v) is 9.33. The van der Waals surface area contributed by atoms with E-state index in [9.17, 15) is 9.59 Å². The lowest BCUT2D eigenvalue weighted by atomic mass is 9.87. The van der Waals surface area contributed by atoms with Crippen LogP contribution >= 0.6 is 23.1 Å². The van der Waals surface area contributed by atoms with Gasteiger partial charge in [-0.15, -0.1) is 11.3 Å². The number of nitrogens with one attached hydrogen (secondary N) is 1. The van der Waals surface area contributed by atoms with Crippen molar-refractivity contribution in [2.24, 2.45) is 5.92 Å². The number of carbonyl (C=O) groups excluding carboxylic acids is 1. The summed E-state index contributed by atoms with van der Waals surface area (Å²) in [5.74, 6) is 1.09. The minimum Gasteiger partial charge on any atom is -0.376 e. The molecule has 1 saturated heterocycles. The molecule has 8 heteroatoms. The van der Waals surface area contributed by atoms with E-state index in [0.717, 1.165) is 67.7 Å². The minimum atomic E-state index is 0.0399. The summed E-state index contributed by atoms with van der Waals surface area (Å²) in [5, 5.41) is 4.67. The van der Waals surface area contributed by atoms with Crippen LogP contribution in [0.15, 0.2) is 9.95 Å². The molecule has 0 spiro atoms. The molecule has 3 heterocycles. The van der Waals surface area contributed by atoms with Crippen LogP contribution in [-0.4, -0.2) is 40.0 Å². The van der Waals surface area contributed by atoms with E-state index in [4.69, 9.17) is 9.72 Å². The number of rotatable bonds is 6. The second-order valence-electron chi connectivity index (χ2n) is 9.65. The van der Waals surface area contributed by atoms with Crippen LogP contribution in [0.4, 0.5) is 0 Å². The molecule has 0 bridgehead atoms. The highest BCUT2D eigenvalue weighted by molar-refractivity contribution is 7.99. The van der Waals surface area contributed by atoms with Gasteiger partial charge in [0.25, 0.3) is 5.56 Å². The summed E-state index contributed by atoms with van der Waals surface area (Å²) in [6, 6.07) is 0.285. The van der Waals surface area contributed by atoms with Crippen molar-refractivity contribution in [1.29, 1.82) is 0 Å². The van der Waals surface area contributed by atoms with Gasteiger partial charge in [-0.05, 0) is 75.7 Å². The van der Waals surface area contributed by atoms with Crippen LogP contribution in [0.2, 0.25) is 0 Å². The number of thiophene rings is 1. The Morgan fingerprint density at radius 3 is 2.78 bits per heavy atom. The molecule has 32 heavy (non-hydrogen) atoms. The van der Waals surface area contributed by atoms with Crippen LogP contribution in [-0.2, 0) is 28.9 Å². The standard InChI is InChI=1S/C24H33N3O3S2/c1-15-8-10-16(11-9-15)25-20(28)14-31-24-26-22-21(18-6-2-3-7-19(18)32-22)23(29)27(24)13-17-5-4-12-30-17/h15-17H,2-14H2,1H3,(H,25,28). The summed E-state index contributed by atoms with van der Waals surface area (Å²) in [4.78, 5) is 33.4. The Hall–Kier alpha value is -1.38. The molecular weight excluding hydrogens is 442 g/mol. The first-order valence-corrected chi connectivity index (χ1v) is 14.0. The molecule has 2 aliphatic carbocycles. The number of ether oxygens (including phenoxy) is 1. The molecular formula is C24H33N3O3S2. The quantitative estimate of drug-likeness (QED) is 0.498. The molecule has 2 aromatic rings. The average Bonchev–Trinajstić information content (AvgIpc) is 3.43. The first-order valence-electron chi connectivity index (χ1n) is 12.2. The van der Waals surface area contributed by atoms with Gasteiger partial charge in [-0.1, -0.05) is 18.7 Å². The molecule has 1 atom stereocenters. The second-order valence-corrected chi connectivity index (χ2v) is 11.7. The maximum atomic E-state index is 13.6. The van der Waals surface area contributed by atoms with Gasteiger partial charge in [-0.3, -0.25) is 14.2 Å². The smallest absolute Gasteiger partial charge is 0.263 e. The van der Waals surface area contributed by atoms with Crippen molar-refractivity contribution in [3.63, 3.8) is 0 Å². The molecule has 3 aliphatic rings. The fraction of sp³-hybridized carbons (Fsp3) is 0.708. The Morgan fingerprint density at radius 1 is 1.19 bits per heavy atom. The van der Waals surface area contributed by atoms with Crippen LogP contribution in [0, 0.1) is 5.92 Å². The van der Waals surface area contributed by atoms with Gasteiger partial charge in [0.1, 0.15) is 4.83 Å². The number of aromatic nitrogens is 2. The lowest BCUT2D eigenvalue weighted by Crippen LogP contribution is -2.38. The Bertz CT molecular complexity index is 1030. The fourth-order valence-electron chi connectivity index (χ4n) is 5.29. The molecule has 1 N–H and O–H groups in total. The number of hydrogen-bond acceptors (Lipinski definition) is 6. The molecule has 1 aliphatic heterocycles. The maximum Gasteiger partial charge on any atom is 0.263 e. The van der Waals surface area contributed by atoms with E-state index in [2.05, 4.69) is 12.2 Å². The highest BCUT2D eigenvalue weighted by atomic mass is 32.2. The highest BCUT2D eigenvalue weighted by Crippen LogP contribution is 2.35. The molecule has 1 saturated carbocycles. The molecule has 1 unspecified atom stereocenters. The second kappa shape index (κ2) is 9.85. The van der Waals surface area contributed by atoms with Crippen molar-refractivity contribution in [3.05, 3.63) is 20.8 Å². The molecule has 174 valence electrons. The lowest BCUT2D eigenvalue weighted by Gasteiger charge is -2.26. The summed E-state index contributed by atoms with van der Waals surface area (Å²) < 4.78 is 7.63. The average molecular weight is 476 g/mol. The molecule has 2 fully saturated rings. The fourth-order valence-corrected chi connectivity index (χ4v) is 7.41. The van der Waals surface area contributed by atoms with Gasteiger partial charge in [0.2, 0.25) is 5.91 Å². The van der Waals surface area contributed by atoms with Crippen LogP contribution in [0.25, 0.3) is 10.2 Å². The number of aryl methyl sites for hydroxylation is 2. The van der Waals surface area contributed by atoms with Crippen molar-refractivity contribution in [3.8, 4) is 0 Å². The SMILES string of the molecule is CC1CCC(NC(=O)CSc2nc3sc4c(c3c(=O)n2CC2CCCO2)CCCC4)CC1. The van der Waals surface area contributed by atoms with Crippen molar-refractivity contribution in [2.75, 3.05) is 12.4 Å². The van der Waals surface area contributed by atoms with Crippen molar-refractivity contribution in [1.82, 2.24) is 14.9 Å². The van der Waals surface area contributed by atoms with Gasteiger partial charge in [0.05, 0.1) is 23.8 Å². The molecule has 6 nitrogen and oxygen atoms in total. The van der Waals surface area contributed by atoms with Crippen LogP contribution < -0.4 is 10.9 Å². The number of carbonyl (C=O) groups is 1. The Morgan fingerprint density at radius 2 is 2.00 bits per heavy atom. The first kappa shape index (κ1) is 22.4. The lowest BCUT2D eigenvalue weighted by molar-refractivity contribution is -0.119. The molecule has 0 aromatic carbocycles. The first-order chi connectivity index (χ1) is 15.6. The maximum absolute atomic E-state index is 13.6. The van der Waals surface area contributed by atoms with E-state index in [1.807, 2.05) is 0 Å². The topological polar surface area (TPSA) is 73.2 Å². The minimum absolute atomic E-state index is 0.0399. The van der Waals surface area contributed by atoms with Crippen LogP contribution in [0.1, 0.15) is 68.7 Å². The Balaban J connectivity index is 1.38. The van der Waals surface area contributed by atoms with Crippen LogP contribution in [0.3, 0.4) is 0 Å². The van der Waals surface area contributed by atoms with Gasteiger partial charge in [0, 0.05) is 17.5 Å².